The van der Waals surface area contributed by atoms with Gasteiger partial charge in [0.2, 0.25) is 0 Å². The van der Waals surface area contributed by atoms with Crippen LogP contribution in [-0.2, 0) is 14.1 Å². The molecule has 0 saturated heterocycles. The van der Waals surface area contributed by atoms with Crippen LogP contribution in [0.15, 0.2) is 48.7 Å². The summed E-state index contributed by atoms with van der Waals surface area (Å²) in [5.74, 6) is -0.210. The molecule has 1 unspecified atom stereocenters. The minimum Gasteiger partial charge on any atom is -0.465 e. The molecule has 142 valence electrons. The van der Waals surface area contributed by atoms with Crippen LogP contribution in [0.1, 0.15) is 26.5 Å². The number of pyridine rings is 1. The van der Waals surface area contributed by atoms with E-state index in [0.717, 1.165) is 0 Å². The Morgan fingerprint density at radius 2 is 1.85 bits per heavy atom. The number of ether oxygens (including phenoxy) is 1. The van der Waals surface area contributed by atoms with Crippen molar-refractivity contribution >= 4 is 13.7 Å². The Morgan fingerprint density at radius 1 is 1.19 bits per heavy atom. The van der Waals surface area contributed by atoms with Gasteiger partial charge in [-0.15, -0.1) is 0 Å². The number of esters is 1. The van der Waals surface area contributed by atoms with Gasteiger partial charge >= 0.3 is 13.7 Å². The molecule has 1 aromatic carbocycles. The first-order chi connectivity index (χ1) is 12.8. The lowest BCUT2D eigenvalue weighted by Gasteiger charge is -2.28. The first-order valence-electron chi connectivity index (χ1n) is 8.15. The average Bonchev–Trinajstić information content (AvgIpc) is 2.62. The van der Waals surface area contributed by atoms with Crippen molar-refractivity contribution < 1.29 is 23.1 Å². The highest BCUT2D eigenvalue weighted by Gasteiger charge is 2.41. The molecule has 0 bridgehead atoms. The van der Waals surface area contributed by atoms with E-state index in [1.165, 1.54) is 32.2 Å². The number of carbonyl (C=O) groups excluding carboxylic acids is 1. The molecule has 0 aliphatic carbocycles. The van der Waals surface area contributed by atoms with E-state index in [4.69, 9.17) is 19.0 Å². The van der Waals surface area contributed by atoms with Gasteiger partial charge in [0, 0.05) is 0 Å². The zero-order chi connectivity index (χ0) is 19.9. The largest absolute Gasteiger partial charge is 0.513 e. The van der Waals surface area contributed by atoms with E-state index >= 15 is 0 Å². The quantitative estimate of drug-likeness (QED) is 0.540. The van der Waals surface area contributed by atoms with Gasteiger partial charge in [-0.3, -0.25) is 4.79 Å². The van der Waals surface area contributed by atoms with Crippen LogP contribution in [0.4, 0.5) is 0 Å². The lowest BCUT2D eigenvalue weighted by Crippen LogP contribution is -2.47. The topological polar surface area (TPSA) is 111 Å². The van der Waals surface area contributed by atoms with E-state index in [1.54, 1.807) is 37.3 Å². The molecule has 2 aromatic rings. The van der Waals surface area contributed by atoms with Crippen LogP contribution >= 0.6 is 7.75 Å². The molecule has 9 heteroatoms. The minimum atomic E-state index is -4.06. The summed E-state index contributed by atoms with van der Waals surface area (Å²) in [6.07, 6.45) is 1.25. The molecule has 8 nitrogen and oxygen atoms in total. The molecule has 0 aliphatic heterocycles. The third-order valence-corrected chi connectivity index (χ3v) is 4.98. The SMILES string of the molecule is CCOC(=O)C(C)(C)NP(=O)(Oc1ccccc1)Oc1ccc(C#N)nc1. The molecular formula is C18H20N3O5P. The number of hydrogen-bond acceptors (Lipinski definition) is 7. The molecule has 0 saturated carbocycles. The monoisotopic (exact) mass is 389 g/mol. The Labute approximate surface area is 157 Å². The predicted octanol–water partition coefficient (Wildman–Crippen LogP) is 3.45. The summed E-state index contributed by atoms with van der Waals surface area (Å²) in [7, 11) is -4.06. The zero-order valence-corrected chi connectivity index (χ0v) is 16.1. The smallest absolute Gasteiger partial charge is 0.465 e. The van der Waals surface area contributed by atoms with E-state index < -0.39 is 19.3 Å². The van der Waals surface area contributed by atoms with Crippen molar-refractivity contribution in [2.24, 2.45) is 0 Å². The van der Waals surface area contributed by atoms with Crippen LogP contribution in [0.25, 0.3) is 0 Å². The Bertz CT molecular complexity index is 863. The van der Waals surface area contributed by atoms with Gasteiger partial charge in [-0.2, -0.15) is 10.3 Å². The van der Waals surface area contributed by atoms with Gasteiger partial charge in [0.15, 0.2) is 0 Å². The Balaban J connectivity index is 2.30. The predicted molar refractivity (Wildman–Crippen MR) is 98.1 cm³/mol. The normalized spacial score (nSPS) is 13.1. The molecule has 1 atom stereocenters. The summed E-state index contributed by atoms with van der Waals surface area (Å²) >= 11 is 0. The first kappa shape index (κ1) is 20.4. The highest BCUT2D eigenvalue weighted by Crippen LogP contribution is 2.46. The number of aromatic nitrogens is 1. The van der Waals surface area contributed by atoms with Crippen LogP contribution in [0.3, 0.4) is 0 Å². The van der Waals surface area contributed by atoms with Gasteiger partial charge < -0.3 is 13.8 Å². The van der Waals surface area contributed by atoms with Crippen molar-refractivity contribution in [3.8, 4) is 17.6 Å². The Kier molecular flexibility index (Phi) is 6.56. The van der Waals surface area contributed by atoms with E-state index in [9.17, 15) is 9.36 Å². The van der Waals surface area contributed by atoms with E-state index in [1.807, 2.05) is 6.07 Å². The van der Waals surface area contributed by atoms with E-state index in [-0.39, 0.29) is 23.8 Å². The highest BCUT2D eigenvalue weighted by molar-refractivity contribution is 7.52. The summed E-state index contributed by atoms with van der Waals surface area (Å²) in [4.78, 5) is 16.0. The van der Waals surface area contributed by atoms with Crippen molar-refractivity contribution in [2.75, 3.05) is 6.61 Å². The van der Waals surface area contributed by atoms with E-state index in [0.29, 0.717) is 0 Å². The summed E-state index contributed by atoms with van der Waals surface area (Å²) < 4.78 is 29.4. The van der Waals surface area contributed by atoms with Crippen molar-refractivity contribution in [1.82, 2.24) is 10.1 Å². The van der Waals surface area contributed by atoms with Gasteiger partial charge in [-0.1, -0.05) is 18.2 Å². The number of carbonyl (C=O) groups is 1. The molecule has 0 spiro atoms. The number of nitrogens with one attached hydrogen (secondary N) is 1. The van der Waals surface area contributed by atoms with E-state index in [2.05, 4.69) is 10.1 Å². The highest BCUT2D eigenvalue weighted by atomic mass is 31.2. The maximum Gasteiger partial charge on any atom is 0.513 e. The first-order valence-corrected chi connectivity index (χ1v) is 9.69. The summed E-state index contributed by atoms with van der Waals surface area (Å²) in [6.45, 7) is 4.86. The van der Waals surface area contributed by atoms with Crippen LogP contribution < -0.4 is 14.1 Å². The standard InChI is InChI=1S/C18H20N3O5P/c1-4-24-17(22)18(2,3)21-27(23,25-15-8-6-5-7-9-15)26-16-11-10-14(12-19)20-13-16/h5-11,13H,4H2,1-3H3,(H,21,23). The maximum absolute atomic E-state index is 13.4. The number of hydrogen-bond donors (Lipinski definition) is 1. The summed E-state index contributed by atoms with van der Waals surface area (Å²) in [5, 5.41) is 11.4. The fourth-order valence-corrected chi connectivity index (χ4v) is 3.71. The second kappa shape index (κ2) is 8.67. The number of benzene rings is 1. The third-order valence-electron chi connectivity index (χ3n) is 3.25. The second-order valence-corrected chi connectivity index (χ2v) is 7.53. The molecule has 0 radical (unpaired) electrons. The molecular weight excluding hydrogens is 369 g/mol. The molecule has 2 rings (SSSR count). The lowest BCUT2D eigenvalue weighted by atomic mass is 10.1. The third kappa shape index (κ3) is 5.81. The van der Waals surface area contributed by atoms with Crippen molar-refractivity contribution in [2.45, 2.75) is 26.3 Å². The molecule has 1 aromatic heterocycles. The summed E-state index contributed by atoms with van der Waals surface area (Å²) in [5.41, 5.74) is -1.17. The van der Waals surface area contributed by atoms with Crippen LogP contribution in [0.2, 0.25) is 0 Å². The molecule has 0 aliphatic rings. The fraction of sp³-hybridized carbons (Fsp3) is 0.278. The van der Waals surface area contributed by atoms with Crippen LogP contribution in [-0.4, -0.2) is 23.1 Å². The van der Waals surface area contributed by atoms with Crippen molar-refractivity contribution in [3.63, 3.8) is 0 Å². The van der Waals surface area contributed by atoms with Crippen LogP contribution in [0, 0.1) is 11.3 Å². The molecule has 0 fully saturated rings. The van der Waals surface area contributed by atoms with Gasteiger partial charge in [-0.25, -0.2) is 9.55 Å². The number of nitriles is 1. The molecule has 1 heterocycles. The summed E-state index contributed by atoms with van der Waals surface area (Å²) in [6, 6.07) is 13.1. The zero-order valence-electron chi connectivity index (χ0n) is 15.2. The second-order valence-electron chi connectivity index (χ2n) is 5.94. The number of para-hydroxylation sites is 1. The van der Waals surface area contributed by atoms with Crippen molar-refractivity contribution in [3.05, 3.63) is 54.4 Å². The lowest BCUT2D eigenvalue weighted by molar-refractivity contribution is -0.149. The Morgan fingerprint density at radius 3 is 2.41 bits per heavy atom. The minimum absolute atomic E-state index is 0.112. The molecule has 0 amide bonds. The van der Waals surface area contributed by atoms with Gasteiger partial charge in [0.05, 0.1) is 12.8 Å². The fourth-order valence-electron chi connectivity index (χ4n) is 2.02. The van der Waals surface area contributed by atoms with Crippen LogP contribution in [0.5, 0.6) is 11.5 Å². The average molecular weight is 389 g/mol. The molecule has 1 N–H and O–H groups in total. The van der Waals surface area contributed by atoms with Gasteiger partial charge in [-0.05, 0) is 45.0 Å². The van der Waals surface area contributed by atoms with Crippen molar-refractivity contribution in [1.29, 1.82) is 5.26 Å². The van der Waals surface area contributed by atoms with Gasteiger partial charge in [0.1, 0.15) is 28.8 Å². The maximum atomic E-state index is 13.4. The number of nitrogens with zero attached hydrogens (tertiary/aromatic N) is 2. The Hall–Kier alpha value is -2.88. The molecule has 27 heavy (non-hydrogen) atoms. The van der Waals surface area contributed by atoms with Gasteiger partial charge in [0.25, 0.3) is 0 Å². The number of rotatable bonds is 8.